The van der Waals surface area contributed by atoms with E-state index in [4.69, 9.17) is 0 Å². The van der Waals surface area contributed by atoms with Gasteiger partial charge in [0.05, 0.1) is 0 Å². The summed E-state index contributed by atoms with van der Waals surface area (Å²) in [6, 6.07) is 1.34. The molecule has 0 N–H and O–H groups in total. The standard InChI is InChI=1S/C13H21NO/c1-4-9(2)13(15)10-7-11-5-6-12(8-10)14(11)3/h4,10-12H,5-8H2,1-3H3/b9-4+/t10?,11-,12+. The fourth-order valence-corrected chi connectivity index (χ4v) is 3.09. The van der Waals surface area contributed by atoms with Crippen LogP contribution in [-0.2, 0) is 4.79 Å². The number of carbonyl (C=O) groups is 1. The summed E-state index contributed by atoms with van der Waals surface area (Å²) in [5.74, 6) is 0.692. The summed E-state index contributed by atoms with van der Waals surface area (Å²) in [6.07, 6.45) is 6.69. The van der Waals surface area contributed by atoms with E-state index in [-0.39, 0.29) is 0 Å². The Morgan fingerprint density at radius 2 is 1.80 bits per heavy atom. The van der Waals surface area contributed by atoms with Gasteiger partial charge >= 0.3 is 0 Å². The first-order chi connectivity index (χ1) is 7.13. The van der Waals surface area contributed by atoms with Gasteiger partial charge in [0.25, 0.3) is 0 Å². The number of hydrogen-bond acceptors (Lipinski definition) is 2. The molecular weight excluding hydrogens is 186 g/mol. The van der Waals surface area contributed by atoms with Crippen molar-refractivity contribution in [3.05, 3.63) is 11.6 Å². The van der Waals surface area contributed by atoms with Crippen molar-refractivity contribution in [2.24, 2.45) is 5.92 Å². The van der Waals surface area contributed by atoms with Gasteiger partial charge in [-0.05, 0) is 52.2 Å². The van der Waals surface area contributed by atoms with Gasteiger partial charge in [-0.3, -0.25) is 4.79 Å². The third-order valence-corrected chi connectivity index (χ3v) is 4.29. The molecule has 2 nitrogen and oxygen atoms in total. The van der Waals surface area contributed by atoms with Gasteiger partial charge in [-0.1, -0.05) is 6.08 Å². The van der Waals surface area contributed by atoms with E-state index in [2.05, 4.69) is 11.9 Å². The van der Waals surface area contributed by atoms with Crippen LogP contribution in [0.25, 0.3) is 0 Å². The number of allylic oxidation sites excluding steroid dienone is 2. The molecule has 3 atom stereocenters. The zero-order valence-corrected chi connectivity index (χ0v) is 9.99. The Balaban J connectivity index is 2.06. The predicted molar refractivity (Wildman–Crippen MR) is 61.7 cm³/mol. The maximum Gasteiger partial charge on any atom is 0.161 e. The summed E-state index contributed by atoms with van der Waals surface area (Å²) in [4.78, 5) is 14.5. The number of piperidine rings is 1. The van der Waals surface area contributed by atoms with E-state index in [1.54, 1.807) is 0 Å². The van der Waals surface area contributed by atoms with Crippen molar-refractivity contribution < 1.29 is 4.79 Å². The highest BCUT2D eigenvalue weighted by molar-refractivity contribution is 5.96. The zero-order valence-electron chi connectivity index (χ0n) is 9.99. The normalized spacial score (nSPS) is 37.0. The average Bonchev–Trinajstić information content (AvgIpc) is 2.50. The number of ketones is 1. The first-order valence-electron chi connectivity index (χ1n) is 6.02. The van der Waals surface area contributed by atoms with E-state index in [0.717, 1.165) is 18.4 Å². The SMILES string of the molecule is C/C=C(\C)C(=O)C1C[C@H]2CC[C@@H](C1)N2C. The van der Waals surface area contributed by atoms with E-state index in [1.165, 1.54) is 12.8 Å². The molecule has 2 aliphatic rings. The molecule has 2 heteroatoms. The Morgan fingerprint density at radius 3 is 2.27 bits per heavy atom. The molecule has 15 heavy (non-hydrogen) atoms. The molecular formula is C13H21NO. The lowest BCUT2D eigenvalue weighted by Crippen LogP contribution is -2.42. The highest BCUT2D eigenvalue weighted by atomic mass is 16.1. The molecule has 2 heterocycles. The van der Waals surface area contributed by atoms with Crippen molar-refractivity contribution in [1.29, 1.82) is 0 Å². The molecule has 2 rings (SSSR count). The maximum absolute atomic E-state index is 12.1. The van der Waals surface area contributed by atoms with Crippen LogP contribution in [0.3, 0.4) is 0 Å². The highest BCUT2D eigenvalue weighted by Crippen LogP contribution is 2.38. The summed E-state index contributed by atoms with van der Waals surface area (Å²) in [5.41, 5.74) is 0.948. The fourth-order valence-electron chi connectivity index (χ4n) is 3.09. The van der Waals surface area contributed by atoms with Gasteiger partial charge in [0, 0.05) is 18.0 Å². The minimum Gasteiger partial charge on any atom is -0.300 e. The summed E-state index contributed by atoms with van der Waals surface area (Å²) in [6.45, 7) is 3.90. The molecule has 2 bridgehead atoms. The number of carbonyl (C=O) groups excluding carboxylic acids is 1. The van der Waals surface area contributed by atoms with Crippen LogP contribution < -0.4 is 0 Å². The van der Waals surface area contributed by atoms with E-state index >= 15 is 0 Å². The number of Topliss-reactive ketones (excluding diaryl/α,β-unsaturated/α-hetero) is 1. The van der Waals surface area contributed by atoms with Crippen molar-refractivity contribution in [1.82, 2.24) is 4.90 Å². The van der Waals surface area contributed by atoms with Crippen molar-refractivity contribution in [3.8, 4) is 0 Å². The lowest BCUT2D eigenvalue weighted by atomic mass is 9.85. The lowest BCUT2D eigenvalue weighted by molar-refractivity contribution is -0.121. The Labute approximate surface area is 92.3 Å². The van der Waals surface area contributed by atoms with Crippen LogP contribution >= 0.6 is 0 Å². The zero-order chi connectivity index (χ0) is 11.0. The summed E-state index contributed by atoms with van der Waals surface area (Å²) >= 11 is 0. The van der Waals surface area contributed by atoms with Crippen LogP contribution in [0, 0.1) is 5.92 Å². The molecule has 0 aromatic carbocycles. The van der Waals surface area contributed by atoms with Gasteiger partial charge in [0.2, 0.25) is 0 Å². The van der Waals surface area contributed by atoms with Gasteiger partial charge in [-0.2, -0.15) is 0 Å². The van der Waals surface area contributed by atoms with Crippen LogP contribution in [-0.4, -0.2) is 29.8 Å². The number of nitrogens with zero attached hydrogens (tertiary/aromatic N) is 1. The van der Waals surface area contributed by atoms with Gasteiger partial charge in [0.1, 0.15) is 0 Å². The first kappa shape index (κ1) is 10.9. The Morgan fingerprint density at radius 1 is 1.27 bits per heavy atom. The quantitative estimate of drug-likeness (QED) is 0.648. The van der Waals surface area contributed by atoms with E-state index in [0.29, 0.717) is 23.8 Å². The Bertz CT molecular complexity index is 281. The van der Waals surface area contributed by atoms with E-state index in [9.17, 15) is 4.79 Å². The second kappa shape index (κ2) is 4.09. The minimum absolute atomic E-state index is 0.301. The van der Waals surface area contributed by atoms with Crippen molar-refractivity contribution in [3.63, 3.8) is 0 Å². The predicted octanol–water partition coefficient (Wildman–Crippen LogP) is 2.39. The molecule has 0 radical (unpaired) electrons. The van der Waals surface area contributed by atoms with Gasteiger partial charge in [-0.25, -0.2) is 0 Å². The number of hydrogen-bond donors (Lipinski definition) is 0. The molecule has 0 saturated carbocycles. The summed E-state index contributed by atoms with van der Waals surface area (Å²) < 4.78 is 0. The topological polar surface area (TPSA) is 20.3 Å². The Kier molecular flexibility index (Phi) is 2.96. The fraction of sp³-hybridized carbons (Fsp3) is 0.769. The van der Waals surface area contributed by atoms with Crippen LogP contribution in [0.1, 0.15) is 39.5 Å². The molecule has 2 aliphatic heterocycles. The van der Waals surface area contributed by atoms with Crippen LogP contribution in [0.15, 0.2) is 11.6 Å². The largest absolute Gasteiger partial charge is 0.300 e. The third kappa shape index (κ3) is 1.87. The van der Waals surface area contributed by atoms with Gasteiger partial charge < -0.3 is 4.90 Å². The second-order valence-corrected chi connectivity index (χ2v) is 5.05. The monoisotopic (exact) mass is 207 g/mol. The molecule has 2 fully saturated rings. The van der Waals surface area contributed by atoms with Crippen LogP contribution in [0.2, 0.25) is 0 Å². The van der Waals surface area contributed by atoms with Crippen molar-refractivity contribution in [2.75, 3.05) is 7.05 Å². The molecule has 0 aromatic rings. The highest BCUT2D eigenvalue weighted by Gasteiger charge is 2.40. The van der Waals surface area contributed by atoms with Gasteiger partial charge in [0.15, 0.2) is 5.78 Å². The molecule has 0 aromatic heterocycles. The Hall–Kier alpha value is -0.630. The van der Waals surface area contributed by atoms with E-state index in [1.807, 2.05) is 19.9 Å². The minimum atomic E-state index is 0.301. The molecule has 0 amide bonds. The average molecular weight is 207 g/mol. The summed E-state index contributed by atoms with van der Waals surface area (Å²) in [7, 11) is 2.21. The molecule has 1 unspecified atom stereocenters. The summed E-state index contributed by atoms with van der Waals surface area (Å²) in [5, 5.41) is 0. The van der Waals surface area contributed by atoms with Crippen molar-refractivity contribution in [2.45, 2.75) is 51.6 Å². The molecule has 84 valence electrons. The van der Waals surface area contributed by atoms with Crippen LogP contribution in [0.4, 0.5) is 0 Å². The van der Waals surface area contributed by atoms with Gasteiger partial charge in [-0.15, -0.1) is 0 Å². The third-order valence-electron chi connectivity index (χ3n) is 4.29. The van der Waals surface area contributed by atoms with Crippen LogP contribution in [0.5, 0.6) is 0 Å². The molecule has 2 saturated heterocycles. The molecule has 0 aliphatic carbocycles. The lowest BCUT2D eigenvalue weighted by Gasteiger charge is -2.35. The smallest absolute Gasteiger partial charge is 0.161 e. The number of rotatable bonds is 2. The second-order valence-electron chi connectivity index (χ2n) is 5.05. The number of fused-ring (bicyclic) bond motifs is 2. The van der Waals surface area contributed by atoms with E-state index < -0.39 is 0 Å². The van der Waals surface area contributed by atoms with Crippen molar-refractivity contribution >= 4 is 5.78 Å². The maximum atomic E-state index is 12.1. The molecule has 0 spiro atoms. The first-order valence-corrected chi connectivity index (χ1v) is 6.02.